The normalized spacial score (nSPS) is 12.0. The van der Waals surface area contributed by atoms with Gasteiger partial charge in [0.2, 0.25) is 0 Å². The fourth-order valence-corrected chi connectivity index (χ4v) is 10.8. The van der Waals surface area contributed by atoms with Crippen molar-refractivity contribution in [2.24, 2.45) is 0 Å². The van der Waals surface area contributed by atoms with Gasteiger partial charge in [0.1, 0.15) is 22.3 Å². The Morgan fingerprint density at radius 1 is 0.271 bits per heavy atom. The minimum atomic E-state index is 0.536. The van der Waals surface area contributed by atoms with E-state index in [1.807, 2.05) is 36.4 Å². The van der Waals surface area contributed by atoms with E-state index in [9.17, 15) is 0 Å². The van der Waals surface area contributed by atoms with E-state index in [4.69, 9.17) is 23.8 Å². The predicted molar refractivity (Wildman–Crippen MR) is 285 cm³/mol. The van der Waals surface area contributed by atoms with Gasteiger partial charge in [-0.2, -0.15) is 0 Å². The summed E-state index contributed by atoms with van der Waals surface area (Å²) < 4.78 is 17.7. The second kappa shape index (κ2) is 15.0. The van der Waals surface area contributed by atoms with Crippen molar-refractivity contribution >= 4 is 87.5 Å². The number of para-hydroxylation sites is 4. The maximum Gasteiger partial charge on any atom is 0.164 e. The molecule has 0 atom stereocenters. The molecule has 0 aliphatic rings. The quantitative estimate of drug-likeness (QED) is 0.166. The number of furan rings is 2. The lowest BCUT2D eigenvalue weighted by molar-refractivity contribution is 0.668. The number of fused-ring (bicyclic) bond motifs is 12. The number of benzene rings is 10. The first kappa shape index (κ1) is 38.5. The summed E-state index contributed by atoms with van der Waals surface area (Å²) in [7, 11) is 0. The fraction of sp³-hybridized carbons (Fsp3) is 0. The Hall–Kier alpha value is -9.59. The molecule has 0 aliphatic heterocycles. The standard InChI is InChI=1S/C63H37N5O2/c1-3-15-38(16-4-1)44-24-14-28-57-60(44)49-32-30-41(35-59(49)70-57)63-65-61(64-62(66-63)40-29-31-48-47-23-9-12-27-56(47)69-58(48)34-40)39-17-13-20-43(33-39)68-53-26-11-8-22-46(53)51-36-50-45-21-7-10-25-52(45)67(54(50)37-55(51)68)42-18-5-2-6-19-42/h1-37H. The van der Waals surface area contributed by atoms with Crippen LogP contribution >= 0.6 is 0 Å². The molecule has 0 radical (unpaired) electrons. The van der Waals surface area contributed by atoms with Gasteiger partial charge in [0.15, 0.2) is 17.5 Å². The lowest BCUT2D eigenvalue weighted by Gasteiger charge is -2.12. The highest BCUT2D eigenvalue weighted by Gasteiger charge is 2.21. The molecule has 70 heavy (non-hydrogen) atoms. The molecular formula is C63H37N5O2. The van der Waals surface area contributed by atoms with E-state index >= 15 is 0 Å². The third kappa shape index (κ3) is 5.85. The summed E-state index contributed by atoms with van der Waals surface area (Å²) in [6.07, 6.45) is 0. The molecule has 0 spiro atoms. The van der Waals surface area contributed by atoms with Crippen molar-refractivity contribution in [3.63, 3.8) is 0 Å². The van der Waals surface area contributed by atoms with Crippen molar-refractivity contribution in [3.8, 4) is 56.7 Å². The van der Waals surface area contributed by atoms with Crippen LogP contribution in [0.3, 0.4) is 0 Å². The Balaban J connectivity index is 0.929. The molecular weight excluding hydrogens is 859 g/mol. The van der Waals surface area contributed by atoms with Gasteiger partial charge < -0.3 is 18.0 Å². The number of hydrogen-bond acceptors (Lipinski definition) is 5. The van der Waals surface area contributed by atoms with Crippen LogP contribution in [-0.4, -0.2) is 24.1 Å². The van der Waals surface area contributed by atoms with Gasteiger partial charge in [-0.05, 0) is 96.1 Å². The van der Waals surface area contributed by atoms with Crippen LogP contribution in [0, 0.1) is 0 Å². The van der Waals surface area contributed by atoms with Crippen LogP contribution < -0.4 is 0 Å². The van der Waals surface area contributed by atoms with E-state index in [0.29, 0.717) is 17.5 Å². The van der Waals surface area contributed by atoms with E-state index in [1.165, 1.54) is 27.1 Å². The smallest absolute Gasteiger partial charge is 0.164 e. The zero-order chi connectivity index (χ0) is 45.9. The van der Waals surface area contributed by atoms with Gasteiger partial charge in [0.25, 0.3) is 0 Å². The first-order valence-electron chi connectivity index (χ1n) is 23.5. The average molecular weight is 896 g/mol. The highest BCUT2D eigenvalue weighted by atomic mass is 16.3. The maximum absolute atomic E-state index is 6.60. The Kier molecular flexibility index (Phi) is 8.23. The van der Waals surface area contributed by atoms with E-state index < -0.39 is 0 Å². The molecule has 0 amide bonds. The van der Waals surface area contributed by atoms with E-state index in [2.05, 4.69) is 197 Å². The Morgan fingerprint density at radius 2 is 0.757 bits per heavy atom. The molecule has 15 aromatic rings. The molecule has 0 fully saturated rings. The lowest BCUT2D eigenvalue weighted by atomic mass is 9.99. The van der Waals surface area contributed by atoms with Crippen molar-refractivity contribution in [3.05, 3.63) is 224 Å². The van der Waals surface area contributed by atoms with Gasteiger partial charge in [0.05, 0.1) is 22.1 Å². The largest absolute Gasteiger partial charge is 0.456 e. The van der Waals surface area contributed by atoms with Gasteiger partial charge >= 0.3 is 0 Å². The van der Waals surface area contributed by atoms with E-state index in [0.717, 1.165) is 99.6 Å². The summed E-state index contributed by atoms with van der Waals surface area (Å²) >= 11 is 0. The van der Waals surface area contributed by atoms with E-state index in [-0.39, 0.29) is 0 Å². The van der Waals surface area contributed by atoms with Gasteiger partial charge in [0, 0.05) is 71.2 Å². The molecule has 326 valence electrons. The van der Waals surface area contributed by atoms with Crippen LogP contribution in [0.1, 0.15) is 0 Å². The molecule has 0 saturated carbocycles. The zero-order valence-corrected chi connectivity index (χ0v) is 37.4. The molecule has 5 aromatic heterocycles. The van der Waals surface area contributed by atoms with Gasteiger partial charge in [-0.1, -0.05) is 140 Å². The third-order valence-electron chi connectivity index (χ3n) is 14.0. The second-order valence-corrected chi connectivity index (χ2v) is 18.0. The molecule has 0 N–H and O–H groups in total. The zero-order valence-electron chi connectivity index (χ0n) is 37.4. The molecule has 0 bridgehead atoms. The minimum Gasteiger partial charge on any atom is -0.456 e. The van der Waals surface area contributed by atoms with Crippen molar-refractivity contribution in [1.82, 2.24) is 24.1 Å². The van der Waals surface area contributed by atoms with Crippen LogP contribution in [0.15, 0.2) is 233 Å². The highest BCUT2D eigenvalue weighted by Crippen LogP contribution is 2.42. The summed E-state index contributed by atoms with van der Waals surface area (Å²) in [6.45, 7) is 0. The first-order valence-corrected chi connectivity index (χ1v) is 23.5. The lowest BCUT2D eigenvalue weighted by Crippen LogP contribution is -2.01. The molecule has 10 aromatic carbocycles. The van der Waals surface area contributed by atoms with Gasteiger partial charge in [-0.25, -0.2) is 15.0 Å². The van der Waals surface area contributed by atoms with Gasteiger partial charge in [-0.3, -0.25) is 0 Å². The Bertz CT molecular complexity index is 4600. The van der Waals surface area contributed by atoms with E-state index in [1.54, 1.807) is 0 Å². The average Bonchev–Trinajstić information content (AvgIpc) is 4.18. The maximum atomic E-state index is 6.60. The van der Waals surface area contributed by atoms with Gasteiger partial charge in [-0.15, -0.1) is 0 Å². The molecule has 0 aliphatic carbocycles. The minimum absolute atomic E-state index is 0.536. The summed E-state index contributed by atoms with van der Waals surface area (Å²) in [5.41, 5.74) is 14.6. The van der Waals surface area contributed by atoms with Crippen LogP contribution in [0.2, 0.25) is 0 Å². The van der Waals surface area contributed by atoms with Crippen molar-refractivity contribution in [1.29, 1.82) is 0 Å². The monoisotopic (exact) mass is 895 g/mol. The summed E-state index contributed by atoms with van der Waals surface area (Å²) in [5.74, 6) is 1.63. The van der Waals surface area contributed by atoms with Crippen molar-refractivity contribution in [2.75, 3.05) is 0 Å². The number of rotatable bonds is 6. The summed E-state index contributed by atoms with van der Waals surface area (Å²) in [4.78, 5) is 15.7. The Labute approximate surface area is 399 Å². The molecule has 0 unspecified atom stereocenters. The Morgan fingerprint density at radius 3 is 1.46 bits per heavy atom. The van der Waals surface area contributed by atoms with Crippen molar-refractivity contribution in [2.45, 2.75) is 0 Å². The third-order valence-corrected chi connectivity index (χ3v) is 14.0. The van der Waals surface area contributed by atoms with Crippen LogP contribution in [0.5, 0.6) is 0 Å². The topological polar surface area (TPSA) is 74.8 Å². The molecule has 7 heteroatoms. The second-order valence-electron chi connectivity index (χ2n) is 18.0. The number of aromatic nitrogens is 5. The SMILES string of the molecule is c1ccc(-c2cccc3oc4cc(-c5nc(-c6cccc(-n7c8ccccc8c8cc9c%10ccccc%10n(-c%10ccccc%10)c9cc87)c6)nc(-c6ccc7c(c6)oc6ccccc67)n5)ccc4c23)cc1. The highest BCUT2D eigenvalue weighted by molar-refractivity contribution is 6.19. The van der Waals surface area contributed by atoms with Crippen molar-refractivity contribution < 1.29 is 8.83 Å². The fourth-order valence-electron chi connectivity index (χ4n) is 10.8. The molecule has 15 rings (SSSR count). The van der Waals surface area contributed by atoms with Crippen LogP contribution in [0.25, 0.3) is 144 Å². The summed E-state index contributed by atoms with van der Waals surface area (Å²) in [6, 6.07) is 78.6. The number of hydrogen-bond donors (Lipinski definition) is 0. The molecule has 0 saturated heterocycles. The number of nitrogens with zero attached hydrogens (tertiary/aromatic N) is 5. The van der Waals surface area contributed by atoms with Crippen LogP contribution in [-0.2, 0) is 0 Å². The molecule has 5 heterocycles. The van der Waals surface area contributed by atoms with Crippen LogP contribution in [0.4, 0.5) is 0 Å². The summed E-state index contributed by atoms with van der Waals surface area (Å²) in [5, 5.41) is 9.03. The molecule has 7 nitrogen and oxygen atoms in total. The first-order chi connectivity index (χ1) is 34.7. The predicted octanol–water partition coefficient (Wildman–Crippen LogP) is 16.5.